The van der Waals surface area contributed by atoms with Crippen LogP contribution in [0.15, 0.2) is 4.79 Å². The van der Waals surface area contributed by atoms with Crippen LogP contribution in [0.2, 0.25) is 0 Å². The third-order valence-corrected chi connectivity index (χ3v) is 6.26. The molecule has 0 saturated heterocycles. The number of hydrogen-bond donors (Lipinski definition) is 4. The first-order chi connectivity index (χ1) is 15.3. The highest BCUT2D eigenvalue weighted by Gasteiger charge is 2.51. The molecule has 33 heavy (non-hydrogen) atoms. The number of urea groups is 1. The molecule has 0 atom stereocenters. The summed E-state index contributed by atoms with van der Waals surface area (Å²) in [5.41, 5.74) is -0.723. The first-order valence-electron chi connectivity index (χ1n) is 11.0. The number of halogens is 2. The van der Waals surface area contributed by atoms with Gasteiger partial charge in [-0.25, -0.2) is 23.5 Å². The number of carbonyl (C=O) groups is 2. The molecule has 10 nitrogen and oxygen atoms in total. The van der Waals surface area contributed by atoms with Crippen molar-refractivity contribution < 1.29 is 28.0 Å². The number of H-pyrrole nitrogens is 1. The number of aromatic hydroxyl groups is 1. The van der Waals surface area contributed by atoms with Gasteiger partial charge in [-0.2, -0.15) is 4.57 Å². The van der Waals surface area contributed by atoms with E-state index in [1.807, 2.05) is 20.8 Å². The number of anilines is 1. The summed E-state index contributed by atoms with van der Waals surface area (Å²) in [6, 6.07) is -1.18. The number of aromatic amines is 1. The molecule has 2 saturated carbocycles. The Labute approximate surface area is 187 Å². The standard InChI is InChI=1S/C21H26F2N6O4/c1-20(2,3)9-28-16-12-8-27(11-6-21(22,23)7-11)19(33)25-14(12)26-29(16)18(32)13(17(28)31)15(30)24-10-4-5-10/h10-11H,4-9H2,1-3H3,(H3,24,25,26,30,31,32,33)/p+1. The summed E-state index contributed by atoms with van der Waals surface area (Å²) in [5.74, 6) is -3.68. The fourth-order valence-electron chi connectivity index (χ4n) is 4.48. The van der Waals surface area contributed by atoms with Gasteiger partial charge < -0.3 is 15.3 Å². The summed E-state index contributed by atoms with van der Waals surface area (Å²) in [7, 11) is 0. The van der Waals surface area contributed by atoms with E-state index in [1.54, 1.807) is 0 Å². The summed E-state index contributed by atoms with van der Waals surface area (Å²) in [6.07, 6.45) is 0.793. The van der Waals surface area contributed by atoms with Crippen molar-refractivity contribution in [2.24, 2.45) is 5.41 Å². The molecular formula is C21H27F2N6O4+. The Morgan fingerprint density at radius 1 is 1.27 bits per heavy atom. The first kappa shape index (κ1) is 21.7. The topological polar surface area (TPSA) is 123 Å². The molecule has 4 N–H and O–H groups in total. The van der Waals surface area contributed by atoms with Crippen molar-refractivity contribution >= 4 is 23.4 Å². The third-order valence-electron chi connectivity index (χ3n) is 6.26. The number of hydrogen-bond acceptors (Lipinski definition) is 4. The van der Waals surface area contributed by atoms with Crippen LogP contribution in [0.4, 0.5) is 19.4 Å². The highest BCUT2D eigenvalue weighted by molar-refractivity contribution is 5.96. The Balaban J connectivity index is 1.65. The highest BCUT2D eigenvalue weighted by Crippen LogP contribution is 2.42. The van der Waals surface area contributed by atoms with Crippen molar-refractivity contribution in [3.05, 3.63) is 21.5 Å². The van der Waals surface area contributed by atoms with Crippen molar-refractivity contribution in [2.75, 3.05) is 5.32 Å². The maximum Gasteiger partial charge on any atom is 0.378 e. The van der Waals surface area contributed by atoms with Gasteiger partial charge in [0.25, 0.3) is 11.8 Å². The van der Waals surface area contributed by atoms with Crippen molar-refractivity contribution in [3.8, 4) is 5.88 Å². The molecule has 2 aliphatic carbocycles. The van der Waals surface area contributed by atoms with Gasteiger partial charge in [0.2, 0.25) is 5.56 Å². The second-order valence-electron chi connectivity index (χ2n) is 10.5. The fraction of sp³-hybridized carbons (Fsp3) is 0.619. The van der Waals surface area contributed by atoms with E-state index in [-0.39, 0.29) is 41.6 Å². The molecule has 3 amide bonds. The zero-order valence-electron chi connectivity index (χ0n) is 18.7. The number of fused-ring (bicyclic) bond motifs is 3. The molecule has 2 aromatic rings. The Kier molecular flexibility index (Phi) is 4.53. The van der Waals surface area contributed by atoms with Gasteiger partial charge >= 0.3 is 23.1 Å². The summed E-state index contributed by atoms with van der Waals surface area (Å²) in [5, 5.41) is 19.3. The van der Waals surface area contributed by atoms with E-state index in [9.17, 15) is 28.3 Å². The fourth-order valence-corrected chi connectivity index (χ4v) is 4.48. The quantitative estimate of drug-likeness (QED) is 0.514. The maximum absolute atomic E-state index is 13.4. The zero-order chi connectivity index (χ0) is 23.9. The molecule has 2 aromatic heterocycles. The number of nitrogens with zero attached hydrogens (tertiary/aromatic N) is 3. The van der Waals surface area contributed by atoms with Gasteiger partial charge in [-0.05, 0) is 18.3 Å². The van der Waals surface area contributed by atoms with Crippen LogP contribution in [0.3, 0.4) is 0 Å². The first-order valence-corrected chi connectivity index (χ1v) is 11.0. The van der Waals surface area contributed by atoms with Crippen LogP contribution in [0.1, 0.15) is 62.4 Å². The van der Waals surface area contributed by atoms with E-state index in [0.29, 0.717) is 5.56 Å². The normalized spacial score (nSPS) is 20.4. The smallest absolute Gasteiger partial charge is 0.378 e. The predicted molar refractivity (Wildman–Crippen MR) is 112 cm³/mol. The molecule has 0 aromatic carbocycles. The van der Waals surface area contributed by atoms with Gasteiger partial charge in [0.15, 0.2) is 5.82 Å². The van der Waals surface area contributed by atoms with Crippen LogP contribution < -0.4 is 20.8 Å². The van der Waals surface area contributed by atoms with E-state index in [2.05, 4.69) is 15.7 Å². The van der Waals surface area contributed by atoms with Gasteiger partial charge in [0.05, 0.1) is 13.1 Å². The summed E-state index contributed by atoms with van der Waals surface area (Å²) >= 11 is 0. The summed E-state index contributed by atoms with van der Waals surface area (Å²) in [4.78, 5) is 39.9. The molecule has 1 aliphatic heterocycles. The predicted octanol–water partition coefficient (Wildman–Crippen LogP) is 1.70. The minimum Gasteiger partial charge on any atom is -0.477 e. The largest absolute Gasteiger partial charge is 0.477 e. The number of nitrogens with one attached hydrogen (secondary N) is 3. The van der Waals surface area contributed by atoms with Crippen LogP contribution in [-0.4, -0.2) is 49.6 Å². The second-order valence-corrected chi connectivity index (χ2v) is 10.5. The number of rotatable bonds is 4. The average Bonchev–Trinajstić information content (AvgIpc) is 3.40. The van der Waals surface area contributed by atoms with E-state index in [1.165, 1.54) is 9.47 Å². The highest BCUT2D eigenvalue weighted by atomic mass is 19.3. The molecule has 0 unspecified atom stereocenters. The second kappa shape index (κ2) is 6.91. The third kappa shape index (κ3) is 3.70. The molecule has 0 radical (unpaired) electrons. The van der Waals surface area contributed by atoms with Crippen LogP contribution in [0.25, 0.3) is 5.65 Å². The van der Waals surface area contributed by atoms with E-state index in [0.717, 1.165) is 17.4 Å². The minimum absolute atomic E-state index is 0.00838. The molecule has 12 heteroatoms. The Hall–Kier alpha value is -3.18. The zero-order valence-corrected chi connectivity index (χ0v) is 18.7. The van der Waals surface area contributed by atoms with E-state index >= 15 is 0 Å². The van der Waals surface area contributed by atoms with Gasteiger partial charge in [-0.1, -0.05) is 25.3 Å². The van der Waals surface area contributed by atoms with Gasteiger partial charge in [0, 0.05) is 24.9 Å². The van der Waals surface area contributed by atoms with Crippen molar-refractivity contribution in [1.82, 2.24) is 19.8 Å². The van der Waals surface area contributed by atoms with Gasteiger partial charge in [-0.3, -0.25) is 10.1 Å². The minimum atomic E-state index is -2.80. The number of carbonyl (C=O) groups excluding carboxylic acids is 2. The van der Waals surface area contributed by atoms with E-state index in [4.69, 9.17) is 0 Å². The molecule has 0 spiro atoms. The molecule has 5 rings (SSSR count). The van der Waals surface area contributed by atoms with Crippen LogP contribution >= 0.6 is 0 Å². The van der Waals surface area contributed by atoms with Crippen molar-refractivity contribution in [3.63, 3.8) is 0 Å². The van der Waals surface area contributed by atoms with Gasteiger partial charge in [-0.15, -0.1) is 0 Å². The number of aromatic nitrogens is 3. The van der Waals surface area contributed by atoms with Crippen molar-refractivity contribution in [1.29, 1.82) is 0 Å². The SMILES string of the molecule is CC(C)(C)C[n+]1c(O)c(C(=O)NC2CC2)c(=O)n2[nH]c3c(c21)CN(C1CC(F)(F)C1)C(=O)N3. The monoisotopic (exact) mass is 465 g/mol. The number of amides is 3. The van der Waals surface area contributed by atoms with Crippen molar-refractivity contribution in [2.45, 2.75) is 77.6 Å². The Morgan fingerprint density at radius 2 is 1.94 bits per heavy atom. The molecule has 3 heterocycles. The molecule has 178 valence electrons. The molecular weight excluding hydrogens is 438 g/mol. The number of alkyl halides is 2. The lowest BCUT2D eigenvalue weighted by atomic mass is 9.86. The lowest BCUT2D eigenvalue weighted by molar-refractivity contribution is -0.692. The van der Waals surface area contributed by atoms with Crippen LogP contribution in [-0.2, 0) is 13.1 Å². The average molecular weight is 465 g/mol. The molecule has 0 bridgehead atoms. The lowest BCUT2D eigenvalue weighted by Crippen LogP contribution is -2.55. The van der Waals surface area contributed by atoms with E-state index < -0.39 is 48.2 Å². The molecule has 3 aliphatic rings. The molecule has 2 fully saturated rings. The maximum atomic E-state index is 13.4. The summed E-state index contributed by atoms with van der Waals surface area (Å²) in [6.45, 7) is 6.06. The van der Waals surface area contributed by atoms with Gasteiger partial charge in [0.1, 0.15) is 5.56 Å². The van der Waals surface area contributed by atoms with Crippen LogP contribution in [0.5, 0.6) is 5.88 Å². The Bertz CT molecular complexity index is 1230. The van der Waals surface area contributed by atoms with Crippen LogP contribution in [0, 0.1) is 5.41 Å². The lowest BCUT2D eigenvalue weighted by Gasteiger charge is -2.43. The summed E-state index contributed by atoms with van der Waals surface area (Å²) < 4.78 is 29.5. The Morgan fingerprint density at radius 3 is 2.52 bits per heavy atom.